The molecule has 84 valence electrons. The molecule has 0 spiro atoms. The van der Waals surface area contributed by atoms with E-state index in [0.717, 1.165) is 0 Å². The van der Waals surface area contributed by atoms with Crippen molar-refractivity contribution in [3.8, 4) is 5.75 Å². The molecule has 15 heavy (non-hydrogen) atoms. The Morgan fingerprint density at radius 1 is 1.53 bits per heavy atom. The van der Waals surface area contributed by atoms with Crippen LogP contribution in [0.15, 0.2) is 18.5 Å². The predicted molar refractivity (Wildman–Crippen MR) is 57.1 cm³/mol. The van der Waals surface area contributed by atoms with E-state index in [1.165, 1.54) is 13.3 Å². The highest BCUT2D eigenvalue weighted by Crippen LogP contribution is 2.27. The number of hydrogen-bond donors (Lipinski definition) is 2. The van der Waals surface area contributed by atoms with E-state index in [4.69, 9.17) is 16.3 Å². The van der Waals surface area contributed by atoms with Crippen LogP contribution in [0.5, 0.6) is 5.75 Å². The number of rotatable bonds is 5. The van der Waals surface area contributed by atoms with Crippen molar-refractivity contribution < 1.29 is 14.9 Å². The minimum Gasteiger partial charge on any atom is -0.496 e. The smallest absolute Gasteiger partial charge is 0.127 e. The van der Waals surface area contributed by atoms with E-state index in [1.807, 2.05) is 0 Å². The summed E-state index contributed by atoms with van der Waals surface area (Å²) in [7, 11) is 1.50. The minimum atomic E-state index is -1.02. The fraction of sp³-hybridized carbons (Fsp3) is 0.500. The monoisotopic (exact) mass is 231 g/mol. The Kier molecular flexibility index (Phi) is 4.81. The molecule has 0 saturated carbocycles. The van der Waals surface area contributed by atoms with Crippen LogP contribution in [0.2, 0.25) is 0 Å². The zero-order valence-corrected chi connectivity index (χ0v) is 9.18. The van der Waals surface area contributed by atoms with Gasteiger partial charge >= 0.3 is 0 Å². The summed E-state index contributed by atoms with van der Waals surface area (Å²) in [5.74, 6) is 0.798. The summed E-state index contributed by atoms with van der Waals surface area (Å²) >= 11 is 5.48. The molecule has 1 aromatic rings. The summed E-state index contributed by atoms with van der Waals surface area (Å²) in [5, 5.41) is 19.4. The van der Waals surface area contributed by atoms with Gasteiger partial charge < -0.3 is 14.9 Å². The standard InChI is InChI=1S/C10H14ClNO3/c1-15-9-3-5-12-6-7(9)10(14)8(13)2-4-11/h3,5-6,8,10,13-14H,2,4H2,1H3. The molecule has 0 bridgehead atoms. The third kappa shape index (κ3) is 3.06. The van der Waals surface area contributed by atoms with E-state index in [1.54, 1.807) is 12.3 Å². The van der Waals surface area contributed by atoms with Crippen LogP contribution in [0.1, 0.15) is 18.1 Å². The summed E-state index contributed by atoms with van der Waals surface area (Å²) in [6, 6.07) is 1.63. The zero-order chi connectivity index (χ0) is 11.3. The van der Waals surface area contributed by atoms with Crippen LogP contribution in [-0.2, 0) is 0 Å². The van der Waals surface area contributed by atoms with E-state index >= 15 is 0 Å². The molecule has 0 radical (unpaired) electrons. The van der Waals surface area contributed by atoms with Crippen molar-refractivity contribution >= 4 is 11.6 Å². The molecule has 0 amide bonds. The number of aliphatic hydroxyl groups excluding tert-OH is 2. The lowest BCUT2D eigenvalue weighted by molar-refractivity contribution is 0.0154. The lowest BCUT2D eigenvalue weighted by Gasteiger charge is -2.18. The van der Waals surface area contributed by atoms with Crippen LogP contribution in [0.4, 0.5) is 0 Å². The number of nitrogens with zero attached hydrogens (tertiary/aromatic N) is 1. The lowest BCUT2D eigenvalue weighted by atomic mass is 10.0. The third-order valence-corrected chi connectivity index (χ3v) is 2.34. The van der Waals surface area contributed by atoms with Crippen LogP contribution in [0.3, 0.4) is 0 Å². The van der Waals surface area contributed by atoms with E-state index < -0.39 is 12.2 Å². The van der Waals surface area contributed by atoms with Gasteiger partial charge in [0.15, 0.2) is 0 Å². The molecule has 4 nitrogen and oxygen atoms in total. The van der Waals surface area contributed by atoms with Gasteiger partial charge in [-0.05, 0) is 12.5 Å². The molecule has 0 fully saturated rings. The maximum atomic E-state index is 9.80. The van der Waals surface area contributed by atoms with Crippen molar-refractivity contribution in [3.05, 3.63) is 24.0 Å². The molecule has 1 rings (SSSR count). The molecular weight excluding hydrogens is 218 g/mol. The van der Waals surface area contributed by atoms with Crippen LogP contribution >= 0.6 is 11.6 Å². The Morgan fingerprint density at radius 3 is 2.87 bits per heavy atom. The Labute approximate surface area is 93.5 Å². The van der Waals surface area contributed by atoms with Gasteiger partial charge in [0, 0.05) is 23.8 Å². The van der Waals surface area contributed by atoms with Crippen molar-refractivity contribution in [2.45, 2.75) is 18.6 Å². The molecule has 0 aliphatic rings. The van der Waals surface area contributed by atoms with Crippen LogP contribution < -0.4 is 4.74 Å². The van der Waals surface area contributed by atoms with Gasteiger partial charge in [0.2, 0.25) is 0 Å². The number of halogens is 1. The average molecular weight is 232 g/mol. The summed E-state index contributed by atoms with van der Waals surface area (Å²) in [6.45, 7) is 0. The number of hydrogen-bond acceptors (Lipinski definition) is 4. The number of aliphatic hydroxyl groups is 2. The molecular formula is C10H14ClNO3. The predicted octanol–water partition coefficient (Wildman–Crippen LogP) is 1.11. The topological polar surface area (TPSA) is 62.6 Å². The van der Waals surface area contributed by atoms with Crippen molar-refractivity contribution in [1.29, 1.82) is 0 Å². The summed E-state index contributed by atoms with van der Waals surface area (Å²) in [5.41, 5.74) is 0.470. The second-order valence-corrected chi connectivity index (χ2v) is 3.49. The first kappa shape index (κ1) is 12.2. The molecule has 1 aromatic heterocycles. The highest BCUT2D eigenvalue weighted by molar-refractivity contribution is 6.17. The highest BCUT2D eigenvalue weighted by Gasteiger charge is 2.21. The lowest BCUT2D eigenvalue weighted by Crippen LogP contribution is -2.19. The Bertz CT molecular complexity index is 308. The van der Waals surface area contributed by atoms with Gasteiger partial charge in [-0.25, -0.2) is 0 Å². The first-order valence-corrected chi connectivity index (χ1v) is 5.14. The number of methoxy groups -OCH3 is 1. The van der Waals surface area contributed by atoms with Gasteiger partial charge in [-0.2, -0.15) is 0 Å². The molecule has 0 saturated heterocycles. The van der Waals surface area contributed by atoms with Crippen LogP contribution in [-0.4, -0.2) is 34.3 Å². The molecule has 0 aromatic carbocycles. The van der Waals surface area contributed by atoms with Gasteiger partial charge in [-0.15, -0.1) is 11.6 Å². The van der Waals surface area contributed by atoms with Crippen molar-refractivity contribution in [2.24, 2.45) is 0 Å². The highest BCUT2D eigenvalue weighted by atomic mass is 35.5. The van der Waals surface area contributed by atoms with E-state index in [-0.39, 0.29) is 0 Å². The van der Waals surface area contributed by atoms with Gasteiger partial charge in [-0.1, -0.05) is 0 Å². The summed E-state index contributed by atoms with van der Waals surface area (Å²) in [6.07, 6.45) is 1.43. The number of aromatic nitrogens is 1. The Balaban J connectivity index is 2.84. The first-order valence-electron chi connectivity index (χ1n) is 4.60. The molecule has 0 aliphatic carbocycles. The molecule has 0 aliphatic heterocycles. The Morgan fingerprint density at radius 2 is 2.27 bits per heavy atom. The van der Waals surface area contributed by atoms with E-state index in [9.17, 15) is 10.2 Å². The van der Waals surface area contributed by atoms with Gasteiger partial charge in [0.25, 0.3) is 0 Å². The van der Waals surface area contributed by atoms with Gasteiger partial charge in [-0.3, -0.25) is 4.98 Å². The number of alkyl halides is 1. The van der Waals surface area contributed by atoms with Gasteiger partial charge in [0.05, 0.1) is 13.2 Å². The summed E-state index contributed by atoms with van der Waals surface area (Å²) in [4.78, 5) is 3.87. The quantitative estimate of drug-likeness (QED) is 0.746. The van der Waals surface area contributed by atoms with Crippen LogP contribution in [0.25, 0.3) is 0 Å². The van der Waals surface area contributed by atoms with Crippen molar-refractivity contribution in [1.82, 2.24) is 4.98 Å². The normalized spacial score (nSPS) is 14.7. The fourth-order valence-electron chi connectivity index (χ4n) is 1.28. The molecule has 5 heteroatoms. The third-order valence-electron chi connectivity index (χ3n) is 2.12. The zero-order valence-electron chi connectivity index (χ0n) is 8.43. The SMILES string of the molecule is COc1ccncc1C(O)C(O)CCCl. The first-order chi connectivity index (χ1) is 7.20. The molecule has 1 heterocycles. The van der Waals surface area contributed by atoms with Crippen LogP contribution in [0, 0.1) is 0 Å². The largest absolute Gasteiger partial charge is 0.496 e. The average Bonchev–Trinajstić information content (AvgIpc) is 2.28. The number of ether oxygens (including phenoxy) is 1. The minimum absolute atomic E-state index is 0.292. The van der Waals surface area contributed by atoms with Crippen molar-refractivity contribution in [2.75, 3.05) is 13.0 Å². The fourth-order valence-corrected chi connectivity index (χ4v) is 1.50. The number of pyridine rings is 1. The maximum absolute atomic E-state index is 9.80. The van der Waals surface area contributed by atoms with Crippen molar-refractivity contribution in [3.63, 3.8) is 0 Å². The molecule has 2 unspecified atom stereocenters. The maximum Gasteiger partial charge on any atom is 0.127 e. The van der Waals surface area contributed by atoms with E-state index in [0.29, 0.717) is 23.6 Å². The second kappa shape index (κ2) is 5.90. The second-order valence-electron chi connectivity index (χ2n) is 3.11. The van der Waals surface area contributed by atoms with E-state index in [2.05, 4.69) is 4.98 Å². The molecule has 2 N–H and O–H groups in total. The summed E-state index contributed by atoms with van der Waals surface area (Å²) < 4.78 is 5.05. The Hall–Kier alpha value is -0.840. The molecule has 2 atom stereocenters. The van der Waals surface area contributed by atoms with Gasteiger partial charge in [0.1, 0.15) is 11.9 Å².